The van der Waals surface area contributed by atoms with E-state index in [1.807, 2.05) is 20.8 Å². The summed E-state index contributed by atoms with van der Waals surface area (Å²) in [6.07, 6.45) is 0. The van der Waals surface area contributed by atoms with Crippen molar-refractivity contribution in [1.82, 2.24) is 10.2 Å². The predicted octanol–water partition coefficient (Wildman–Crippen LogP) is 2.79. The maximum absolute atomic E-state index is 12.3. The Morgan fingerprint density at radius 3 is 2.57 bits per heavy atom. The lowest BCUT2D eigenvalue weighted by Crippen LogP contribution is -2.40. The molecule has 0 aromatic carbocycles. The largest absolute Gasteiger partial charge is 0.481 e. The van der Waals surface area contributed by atoms with E-state index in [-0.39, 0.29) is 24.5 Å². The molecule has 1 aromatic rings. The van der Waals surface area contributed by atoms with Crippen LogP contribution in [0.25, 0.3) is 0 Å². The van der Waals surface area contributed by atoms with Gasteiger partial charge in [-0.05, 0) is 38.3 Å². The molecule has 1 aromatic heterocycles. The molecule has 0 aliphatic carbocycles. The van der Waals surface area contributed by atoms with Gasteiger partial charge in [0.1, 0.15) is 0 Å². The molecule has 5 nitrogen and oxygen atoms in total. The zero-order valence-electron chi connectivity index (χ0n) is 12.8. The number of carbonyl (C=O) groups excluding carboxylic acids is 1. The number of thiophene rings is 1. The van der Waals surface area contributed by atoms with Crippen LogP contribution in [0.1, 0.15) is 35.2 Å². The van der Waals surface area contributed by atoms with E-state index >= 15 is 0 Å². The number of rotatable bonds is 3. The highest BCUT2D eigenvalue weighted by atomic mass is 32.1. The summed E-state index contributed by atoms with van der Waals surface area (Å²) in [5.41, 5.74) is 1.13. The number of hydrogen-bond acceptors (Lipinski definition) is 3. The lowest BCUT2D eigenvalue weighted by molar-refractivity contribution is -0.142. The van der Waals surface area contributed by atoms with Crippen molar-refractivity contribution in [2.45, 2.75) is 33.7 Å². The molecule has 0 bridgehead atoms. The molecule has 2 amide bonds. The number of aliphatic carboxylic acids is 1. The number of hydrogen-bond donors (Lipinski definition) is 2. The van der Waals surface area contributed by atoms with E-state index in [0.717, 1.165) is 5.56 Å². The summed E-state index contributed by atoms with van der Waals surface area (Å²) in [7, 11) is 0. The van der Waals surface area contributed by atoms with Gasteiger partial charge in [0, 0.05) is 22.8 Å². The third-order valence-corrected chi connectivity index (χ3v) is 5.08. The smallest absolute Gasteiger partial charge is 0.317 e. The minimum Gasteiger partial charge on any atom is -0.481 e. The molecule has 2 rings (SSSR count). The standard InChI is InChI=1S/C15H22N2O3S/c1-8-6-17(7-13(8)14(18)19)15(20)16-10(3)12-5-9(2)21-11(12)4/h5,8,10,13H,6-7H2,1-4H3,(H,16,20)(H,18,19)/t8-,10?,13-/m1/s1. The molecule has 1 aliphatic rings. The van der Waals surface area contributed by atoms with Crippen LogP contribution in [0.3, 0.4) is 0 Å². The third-order valence-electron chi connectivity index (χ3n) is 4.10. The van der Waals surface area contributed by atoms with Gasteiger partial charge in [-0.3, -0.25) is 4.79 Å². The summed E-state index contributed by atoms with van der Waals surface area (Å²) < 4.78 is 0. The van der Waals surface area contributed by atoms with E-state index in [1.54, 1.807) is 16.2 Å². The summed E-state index contributed by atoms with van der Waals surface area (Å²) in [5.74, 6) is -1.29. The first-order chi connectivity index (χ1) is 9.79. The molecule has 0 saturated carbocycles. The van der Waals surface area contributed by atoms with Gasteiger partial charge >= 0.3 is 12.0 Å². The number of carboxylic acids is 1. The second-order valence-corrected chi connectivity index (χ2v) is 7.33. The topological polar surface area (TPSA) is 69.6 Å². The van der Waals surface area contributed by atoms with Crippen LogP contribution in [0.5, 0.6) is 0 Å². The van der Waals surface area contributed by atoms with Crippen LogP contribution in [-0.2, 0) is 4.79 Å². The zero-order chi connectivity index (χ0) is 15.7. The fourth-order valence-corrected chi connectivity index (χ4v) is 3.91. The Balaban J connectivity index is 1.99. The summed E-state index contributed by atoms with van der Waals surface area (Å²) >= 11 is 1.72. The van der Waals surface area contributed by atoms with Crippen LogP contribution in [0.2, 0.25) is 0 Å². The van der Waals surface area contributed by atoms with Gasteiger partial charge in [0.2, 0.25) is 0 Å². The zero-order valence-corrected chi connectivity index (χ0v) is 13.7. The summed E-state index contributed by atoms with van der Waals surface area (Å²) in [6.45, 7) is 8.72. The number of nitrogens with one attached hydrogen (secondary N) is 1. The van der Waals surface area contributed by atoms with Gasteiger partial charge in [-0.25, -0.2) is 4.79 Å². The second-order valence-electron chi connectivity index (χ2n) is 5.87. The van der Waals surface area contributed by atoms with Gasteiger partial charge in [-0.1, -0.05) is 6.92 Å². The Hall–Kier alpha value is -1.56. The molecular weight excluding hydrogens is 288 g/mol. The monoisotopic (exact) mass is 310 g/mol. The SMILES string of the molecule is Cc1cc(C(C)NC(=O)N2C[C@@H](C)[C@H](C(=O)O)C2)c(C)s1. The van der Waals surface area contributed by atoms with Crippen molar-refractivity contribution in [3.05, 3.63) is 21.4 Å². The van der Waals surface area contributed by atoms with Crippen LogP contribution in [0.15, 0.2) is 6.07 Å². The summed E-state index contributed by atoms with van der Waals surface area (Å²) in [6, 6.07) is 1.85. The number of likely N-dealkylation sites (tertiary alicyclic amines) is 1. The van der Waals surface area contributed by atoms with Crippen LogP contribution in [0.4, 0.5) is 4.79 Å². The average molecular weight is 310 g/mol. The van der Waals surface area contributed by atoms with Crippen molar-refractivity contribution in [1.29, 1.82) is 0 Å². The van der Waals surface area contributed by atoms with E-state index in [0.29, 0.717) is 6.54 Å². The van der Waals surface area contributed by atoms with Gasteiger partial charge in [0.25, 0.3) is 0 Å². The highest BCUT2D eigenvalue weighted by Gasteiger charge is 2.37. The summed E-state index contributed by atoms with van der Waals surface area (Å²) in [5, 5.41) is 12.1. The van der Waals surface area contributed by atoms with Crippen LogP contribution < -0.4 is 5.32 Å². The first-order valence-corrected chi connectivity index (χ1v) is 7.96. The predicted molar refractivity (Wildman–Crippen MR) is 82.6 cm³/mol. The Morgan fingerprint density at radius 2 is 2.10 bits per heavy atom. The average Bonchev–Trinajstić information content (AvgIpc) is 2.92. The molecule has 2 N–H and O–H groups in total. The number of carbonyl (C=O) groups is 2. The van der Waals surface area contributed by atoms with Crippen LogP contribution >= 0.6 is 11.3 Å². The molecule has 1 aliphatic heterocycles. The van der Waals surface area contributed by atoms with Crippen molar-refractivity contribution < 1.29 is 14.7 Å². The first kappa shape index (κ1) is 15.8. The fraction of sp³-hybridized carbons (Fsp3) is 0.600. The van der Waals surface area contributed by atoms with E-state index in [4.69, 9.17) is 5.11 Å². The molecule has 1 fully saturated rings. The van der Waals surface area contributed by atoms with Gasteiger partial charge in [0.15, 0.2) is 0 Å². The quantitative estimate of drug-likeness (QED) is 0.902. The minimum absolute atomic E-state index is 0.00585. The minimum atomic E-state index is -0.824. The van der Waals surface area contributed by atoms with Crippen LogP contribution in [-0.4, -0.2) is 35.1 Å². The molecule has 1 unspecified atom stereocenters. The molecular formula is C15H22N2O3S. The lowest BCUT2D eigenvalue weighted by Gasteiger charge is -2.21. The fourth-order valence-electron chi connectivity index (χ4n) is 2.89. The van der Waals surface area contributed by atoms with E-state index in [1.165, 1.54) is 9.75 Å². The maximum Gasteiger partial charge on any atom is 0.317 e. The van der Waals surface area contributed by atoms with Crippen molar-refractivity contribution in [2.24, 2.45) is 11.8 Å². The van der Waals surface area contributed by atoms with Crippen LogP contribution in [0, 0.1) is 25.7 Å². The van der Waals surface area contributed by atoms with Gasteiger partial charge in [-0.15, -0.1) is 11.3 Å². The molecule has 1 saturated heterocycles. The van der Waals surface area contributed by atoms with E-state index in [9.17, 15) is 9.59 Å². The molecule has 116 valence electrons. The Bertz CT molecular complexity index is 555. The molecule has 0 radical (unpaired) electrons. The second kappa shape index (κ2) is 6.05. The number of nitrogens with zero attached hydrogens (tertiary/aromatic N) is 1. The maximum atomic E-state index is 12.3. The normalized spacial score (nSPS) is 23.1. The Kier molecular flexibility index (Phi) is 4.56. The number of aryl methyl sites for hydroxylation is 2. The molecule has 0 spiro atoms. The van der Waals surface area contributed by atoms with Crippen molar-refractivity contribution in [3.63, 3.8) is 0 Å². The Morgan fingerprint density at radius 1 is 1.43 bits per heavy atom. The van der Waals surface area contributed by atoms with E-state index < -0.39 is 11.9 Å². The number of carboxylic acid groups (broad SMARTS) is 1. The first-order valence-electron chi connectivity index (χ1n) is 7.14. The molecule has 21 heavy (non-hydrogen) atoms. The number of urea groups is 1. The number of amides is 2. The Labute approximate surface area is 129 Å². The highest BCUT2D eigenvalue weighted by molar-refractivity contribution is 7.12. The van der Waals surface area contributed by atoms with Crippen molar-refractivity contribution in [2.75, 3.05) is 13.1 Å². The third kappa shape index (κ3) is 3.37. The van der Waals surface area contributed by atoms with Crippen molar-refractivity contribution in [3.8, 4) is 0 Å². The van der Waals surface area contributed by atoms with E-state index in [2.05, 4.69) is 18.3 Å². The van der Waals surface area contributed by atoms with Crippen molar-refractivity contribution >= 4 is 23.3 Å². The molecule has 3 atom stereocenters. The van der Waals surface area contributed by atoms with Gasteiger partial charge in [-0.2, -0.15) is 0 Å². The van der Waals surface area contributed by atoms with Gasteiger partial charge < -0.3 is 15.3 Å². The van der Waals surface area contributed by atoms with Gasteiger partial charge in [0.05, 0.1) is 12.0 Å². The molecule has 2 heterocycles. The lowest BCUT2D eigenvalue weighted by atomic mass is 9.99. The molecule has 6 heteroatoms. The summed E-state index contributed by atoms with van der Waals surface area (Å²) in [4.78, 5) is 27.4. The highest BCUT2D eigenvalue weighted by Crippen LogP contribution is 2.27.